The number of aliphatic carboxylic acids is 1. The van der Waals surface area contributed by atoms with Gasteiger partial charge in [0.25, 0.3) is 0 Å². The van der Waals surface area contributed by atoms with Crippen molar-refractivity contribution in [3.05, 3.63) is 34.9 Å². The summed E-state index contributed by atoms with van der Waals surface area (Å²) in [6.45, 7) is 1.36. The van der Waals surface area contributed by atoms with Gasteiger partial charge in [0, 0.05) is 17.6 Å². The fourth-order valence-electron chi connectivity index (χ4n) is 2.23. The molecule has 0 aliphatic carbocycles. The molecule has 1 aromatic rings. The molecule has 18 heavy (non-hydrogen) atoms. The molecule has 98 valence electrons. The van der Waals surface area contributed by atoms with E-state index in [2.05, 4.69) is 0 Å². The number of benzene rings is 1. The normalized spacial score (nSPS) is 23.5. The first-order valence-corrected chi connectivity index (χ1v) is 6.21. The van der Waals surface area contributed by atoms with Crippen LogP contribution in [0.4, 0.5) is 0 Å². The Kier molecular flexibility index (Phi) is 4.22. The lowest BCUT2D eigenvalue weighted by atomic mass is 10.0. The van der Waals surface area contributed by atoms with Crippen molar-refractivity contribution < 1.29 is 14.6 Å². The van der Waals surface area contributed by atoms with Gasteiger partial charge < -0.3 is 9.84 Å². The summed E-state index contributed by atoms with van der Waals surface area (Å²) in [5.41, 5.74) is 0.998. The van der Waals surface area contributed by atoms with Crippen molar-refractivity contribution in [2.75, 3.05) is 20.3 Å². The number of carbonyl (C=O) groups is 1. The van der Waals surface area contributed by atoms with Gasteiger partial charge in [-0.2, -0.15) is 0 Å². The van der Waals surface area contributed by atoms with Gasteiger partial charge in [0.05, 0.1) is 19.1 Å². The van der Waals surface area contributed by atoms with Crippen LogP contribution in [0.3, 0.4) is 0 Å². The highest BCUT2D eigenvalue weighted by Crippen LogP contribution is 2.23. The second kappa shape index (κ2) is 5.69. The van der Waals surface area contributed by atoms with E-state index in [9.17, 15) is 4.79 Å². The van der Waals surface area contributed by atoms with Crippen molar-refractivity contribution in [1.29, 1.82) is 0 Å². The number of hydrogen-bond acceptors (Lipinski definition) is 3. The minimum Gasteiger partial charge on any atom is -0.481 e. The smallest absolute Gasteiger partial charge is 0.310 e. The van der Waals surface area contributed by atoms with Crippen molar-refractivity contribution in [2.45, 2.75) is 12.6 Å². The van der Waals surface area contributed by atoms with Crippen LogP contribution in [0.25, 0.3) is 0 Å². The minimum absolute atomic E-state index is 0.0984. The summed E-state index contributed by atoms with van der Waals surface area (Å²) in [6.07, 6.45) is 0. The maximum absolute atomic E-state index is 11.1. The van der Waals surface area contributed by atoms with Crippen molar-refractivity contribution in [2.24, 2.45) is 5.92 Å². The fraction of sp³-hybridized carbons (Fsp3) is 0.462. The Labute approximate surface area is 111 Å². The first-order valence-electron chi connectivity index (χ1n) is 5.84. The number of ether oxygens (including phenoxy) is 1. The number of hydrogen-bond donors (Lipinski definition) is 1. The summed E-state index contributed by atoms with van der Waals surface area (Å²) >= 11 is 6.10. The van der Waals surface area contributed by atoms with Crippen molar-refractivity contribution in [1.82, 2.24) is 4.90 Å². The van der Waals surface area contributed by atoms with Gasteiger partial charge in [0.2, 0.25) is 0 Å². The van der Waals surface area contributed by atoms with E-state index in [4.69, 9.17) is 21.4 Å². The summed E-state index contributed by atoms with van der Waals surface area (Å²) < 4.78 is 5.26. The molecule has 1 heterocycles. The van der Waals surface area contributed by atoms with Crippen molar-refractivity contribution >= 4 is 17.6 Å². The molecule has 1 saturated heterocycles. The molecule has 0 spiro atoms. The van der Waals surface area contributed by atoms with Gasteiger partial charge in [-0.3, -0.25) is 9.69 Å². The Morgan fingerprint density at radius 1 is 1.50 bits per heavy atom. The van der Waals surface area contributed by atoms with E-state index in [0.29, 0.717) is 18.2 Å². The summed E-state index contributed by atoms with van der Waals surface area (Å²) in [6, 6.07) is 7.49. The van der Waals surface area contributed by atoms with E-state index in [1.54, 1.807) is 0 Å². The zero-order valence-corrected chi connectivity index (χ0v) is 10.9. The number of halogens is 1. The van der Waals surface area contributed by atoms with E-state index in [1.165, 1.54) is 0 Å². The van der Waals surface area contributed by atoms with Gasteiger partial charge >= 0.3 is 5.97 Å². The maximum atomic E-state index is 11.1. The van der Waals surface area contributed by atoms with Crippen LogP contribution < -0.4 is 0 Å². The van der Waals surface area contributed by atoms with E-state index in [0.717, 1.165) is 5.56 Å². The summed E-state index contributed by atoms with van der Waals surface area (Å²) in [5.74, 6) is -1.26. The average molecular weight is 270 g/mol. The Balaban J connectivity index is 2.06. The van der Waals surface area contributed by atoms with Crippen LogP contribution >= 0.6 is 11.6 Å². The zero-order valence-electron chi connectivity index (χ0n) is 10.2. The second-order valence-electron chi connectivity index (χ2n) is 4.56. The summed E-state index contributed by atoms with van der Waals surface area (Å²) in [7, 11) is 1.90. The molecule has 1 aromatic carbocycles. The summed E-state index contributed by atoms with van der Waals surface area (Å²) in [5, 5.41) is 9.82. The number of carboxylic acids is 1. The number of rotatable bonds is 4. The van der Waals surface area contributed by atoms with Crippen LogP contribution in [0.1, 0.15) is 5.56 Å². The highest BCUT2D eigenvalue weighted by molar-refractivity contribution is 6.31. The first kappa shape index (κ1) is 13.3. The van der Waals surface area contributed by atoms with Gasteiger partial charge in [-0.1, -0.05) is 29.8 Å². The molecule has 0 aromatic heterocycles. The lowest BCUT2D eigenvalue weighted by Gasteiger charge is -2.26. The Morgan fingerprint density at radius 2 is 2.22 bits per heavy atom. The minimum atomic E-state index is -0.802. The fourth-order valence-corrected chi connectivity index (χ4v) is 2.42. The predicted molar refractivity (Wildman–Crippen MR) is 68.7 cm³/mol. The van der Waals surface area contributed by atoms with Gasteiger partial charge in [-0.25, -0.2) is 0 Å². The molecule has 2 rings (SSSR count). The Morgan fingerprint density at radius 3 is 2.89 bits per heavy atom. The number of carboxylic acid groups (broad SMARTS) is 1. The zero-order chi connectivity index (χ0) is 13.1. The van der Waals surface area contributed by atoms with Crippen LogP contribution in [-0.2, 0) is 16.1 Å². The van der Waals surface area contributed by atoms with Crippen LogP contribution in [0.2, 0.25) is 5.02 Å². The SMILES string of the molecule is CN(Cc1ccccc1Cl)C1COCC1C(=O)O. The van der Waals surface area contributed by atoms with E-state index >= 15 is 0 Å². The van der Waals surface area contributed by atoms with Gasteiger partial charge in [0.15, 0.2) is 0 Å². The van der Waals surface area contributed by atoms with Crippen molar-refractivity contribution in [3.63, 3.8) is 0 Å². The maximum Gasteiger partial charge on any atom is 0.310 e. The van der Waals surface area contributed by atoms with Crippen LogP contribution in [0.5, 0.6) is 0 Å². The molecule has 1 N–H and O–H groups in total. The highest BCUT2D eigenvalue weighted by Gasteiger charge is 2.36. The molecular formula is C13H16ClNO3. The average Bonchev–Trinajstić information content (AvgIpc) is 2.81. The number of likely N-dealkylation sites (N-methyl/N-ethyl adjacent to an activating group) is 1. The van der Waals surface area contributed by atoms with Crippen LogP contribution in [0, 0.1) is 5.92 Å². The summed E-state index contributed by atoms with van der Waals surface area (Å²) in [4.78, 5) is 13.1. The molecule has 1 fully saturated rings. The molecule has 0 radical (unpaired) electrons. The third-order valence-electron chi connectivity index (χ3n) is 3.31. The number of nitrogens with zero attached hydrogens (tertiary/aromatic N) is 1. The molecule has 1 aliphatic heterocycles. The monoisotopic (exact) mass is 269 g/mol. The first-order chi connectivity index (χ1) is 8.59. The largest absolute Gasteiger partial charge is 0.481 e. The van der Waals surface area contributed by atoms with Crippen LogP contribution in [-0.4, -0.2) is 42.3 Å². The molecule has 1 aliphatic rings. The molecule has 2 atom stereocenters. The Hall–Kier alpha value is -1.10. The quantitative estimate of drug-likeness (QED) is 0.907. The van der Waals surface area contributed by atoms with Gasteiger partial charge in [-0.15, -0.1) is 0 Å². The molecule has 0 saturated carbocycles. The van der Waals surface area contributed by atoms with E-state index in [-0.39, 0.29) is 12.6 Å². The highest BCUT2D eigenvalue weighted by atomic mass is 35.5. The molecular weight excluding hydrogens is 254 g/mol. The van der Waals surface area contributed by atoms with Gasteiger partial charge in [0.1, 0.15) is 0 Å². The lowest BCUT2D eigenvalue weighted by molar-refractivity contribution is -0.143. The van der Waals surface area contributed by atoms with Crippen LogP contribution in [0.15, 0.2) is 24.3 Å². The van der Waals surface area contributed by atoms with E-state index < -0.39 is 11.9 Å². The van der Waals surface area contributed by atoms with Crippen molar-refractivity contribution in [3.8, 4) is 0 Å². The molecule has 0 bridgehead atoms. The lowest BCUT2D eigenvalue weighted by Crippen LogP contribution is -2.40. The van der Waals surface area contributed by atoms with E-state index in [1.807, 2.05) is 36.2 Å². The third kappa shape index (κ3) is 2.83. The second-order valence-corrected chi connectivity index (χ2v) is 4.96. The molecule has 5 heteroatoms. The third-order valence-corrected chi connectivity index (χ3v) is 3.68. The van der Waals surface area contributed by atoms with Gasteiger partial charge in [-0.05, 0) is 18.7 Å². The topological polar surface area (TPSA) is 49.8 Å². The molecule has 2 unspecified atom stereocenters. The molecule has 4 nitrogen and oxygen atoms in total. The standard InChI is InChI=1S/C13H16ClNO3/c1-15(6-9-4-2-3-5-11(9)14)12-8-18-7-10(12)13(16)17/h2-5,10,12H,6-8H2,1H3,(H,16,17). The Bertz CT molecular complexity index is 438. The predicted octanol–water partition coefficient (Wildman–Crippen LogP) is 1.87. The molecule has 0 amide bonds.